The molecule has 1 aliphatic heterocycles. The molecule has 0 saturated carbocycles. The van der Waals surface area contributed by atoms with Crippen molar-refractivity contribution in [2.24, 2.45) is 0 Å². The number of hydrogen-bond acceptors (Lipinski definition) is 4. The first-order valence-corrected chi connectivity index (χ1v) is 7.50. The molecule has 5 heteroatoms. The van der Waals surface area contributed by atoms with E-state index in [9.17, 15) is 4.79 Å². The predicted octanol–water partition coefficient (Wildman–Crippen LogP) is 3.46. The number of rotatable bonds is 4. The second kappa shape index (κ2) is 6.20. The zero-order valence-electron chi connectivity index (χ0n) is 13.4. The molecule has 1 amide bonds. The number of methoxy groups -OCH3 is 2. The average molecular weight is 313 g/mol. The van der Waals surface area contributed by atoms with Crippen LogP contribution in [0.2, 0.25) is 0 Å². The highest BCUT2D eigenvalue weighted by Gasteiger charge is 2.28. The Labute approximate surface area is 135 Å². The van der Waals surface area contributed by atoms with Crippen LogP contribution in [0.4, 0.5) is 4.79 Å². The molecule has 120 valence electrons. The Morgan fingerprint density at radius 2 is 1.96 bits per heavy atom. The summed E-state index contributed by atoms with van der Waals surface area (Å²) in [5.41, 5.74) is 2.88. The van der Waals surface area contributed by atoms with Crippen molar-refractivity contribution in [1.29, 1.82) is 0 Å². The molecule has 0 bridgehead atoms. The molecule has 0 aromatic heterocycles. The highest BCUT2D eigenvalue weighted by atomic mass is 16.6. The molecule has 1 unspecified atom stereocenters. The first kappa shape index (κ1) is 15.2. The van der Waals surface area contributed by atoms with E-state index in [1.807, 2.05) is 30.3 Å². The number of carbonyl (C=O) groups is 1. The Bertz CT molecular complexity index is 717. The second-order valence-electron chi connectivity index (χ2n) is 5.27. The first-order valence-electron chi connectivity index (χ1n) is 7.50. The van der Waals surface area contributed by atoms with E-state index >= 15 is 0 Å². The summed E-state index contributed by atoms with van der Waals surface area (Å²) in [4.78, 5) is 11.9. The van der Waals surface area contributed by atoms with Gasteiger partial charge in [0.05, 0.1) is 20.3 Å². The van der Waals surface area contributed by atoms with Gasteiger partial charge in [0.1, 0.15) is 5.75 Å². The maximum absolute atomic E-state index is 11.9. The van der Waals surface area contributed by atoms with Crippen molar-refractivity contribution in [3.63, 3.8) is 0 Å². The minimum Gasteiger partial charge on any atom is -0.493 e. The maximum atomic E-state index is 11.9. The predicted molar refractivity (Wildman–Crippen MR) is 86.4 cm³/mol. The number of carbonyl (C=O) groups excluding carboxylic acids is 1. The van der Waals surface area contributed by atoms with Crippen molar-refractivity contribution >= 4 is 6.09 Å². The molecular weight excluding hydrogens is 294 g/mol. The van der Waals surface area contributed by atoms with Gasteiger partial charge in [-0.15, -0.1) is 0 Å². The number of hydrogen-bond donors (Lipinski definition) is 1. The van der Waals surface area contributed by atoms with Gasteiger partial charge in [-0.05, 0) is 35.7 Å². The highest BCUT2D eigenvalue weighted by molar-refractivity contribution is 5.75. The Kier molecular flexibility index (Phi) is 4.10. The van der Waals surface area contributed by atoms with Crippen molar-refractivity contribution in [2.45, 2.75) is 19.4 Å². The fourth-order valence-corrected chi connectivity index (χ4v) is 2.90. The Morgan fingerprint density at radius 3 is 2.65 bits per heavy atom. The molecule has 5 nitrogen and oxygen atoms in total. The van der Waals surface area contributed by atoms with Crippen molar-refractivity contribution in [2.75, 3.05) is 14.2 Å². The molecule has 23 heavy (non-hydrogen) atoms. The van der Waals surface area contributed by atoms with Crippen LogP contribution >= 0.6 is 0 Å². The standard InChI is InChI=1S/C18H19NO4/c1-4-11-9-12(10-15(21-2)17(11)22-3)16-13-7-5-6-8-14(13)23-18(20)19-16/h5-10,16H,4H2,1-3H3,(H,19,20). The van der Waals surface area contributed by atoms with Crippen LogP contribution in [0.3, 0.4) is 0 Å². The van der Waals surface area contributed by atoms with Crippen LogP contribution in [-0.2, 0) is 6.42 Å². The lowest BCUT2D eigenvalue weighted by Crippen LogP contribution is -2.36. The van der Waals surface area contributed by atoms with Gasteiger partial charge in [-0.25, -0.2) is 4.79 Å². The summed E-state index contributed by atoms with van der Waals surface area (Å²) in [6.07, 6.45) is 0.341. The van der Waals surface area contributed by atoms with Gasteiger partial charge in [0.25, 0.3) is 0 Å². The molecule has 0 spiro atoms. The fraction of sp³-hybridized carbons (Fsp3) is 0.278. The highest BCUT2D eigenvalue weighted by Crippen LogP contribution is 2.39. The van der Waals surface area contributed by atoms with E-state index in [0.717, 1.165) is 28.9 Å². The summed E-state index contributed by atoms with van der Waals surface area (Å²) in [5.74, 6) is 1.96. The average Bonchev–Trinajstić information content (AvgIpc) is 2.59. The van der Waals surface area contributed by atoms with E-state index in [0.29, 0.717) is 11.5 Å². The number of para-hydroxylation sites is 1. The molecule has 2 aromatic carbocycles. The zero-order chi connectivity index (χ0) is 16.4. The van der Waals surface area contributed by atoms with Gasteiger partial charge >= 0.3 is 6.09 Å². The van der Waals surface area contributed by atoms with Crippen LogP contribution in [-0.4, -0.2) is 20.3 Å². The van der Waals surface area contributed by atoms with Crippen LogP contribution in [0, 0.1) is 0 Å². The van der Waals surface area contributed by atoms with E-state index in [1.54, 1.807) is 20.3 Å². The third kappa shape index (κ3) is 2.70. The minimum absolute atomic E-state index is 0.280. The molecule has 0 aliphatic carbocycles. The van der Waals surface area contributed by atoms with Gasteiger partial charge in [-0.3, -0.25) is 0 Å². The van der Waals surface area contributed by atoms with Crippen LogP contribution in [0.5, 0.6) is 17.2 Å². The normalized spacial score (nSPS) is 16.1. The van der Waals surface area contributed by atoms with Gasteiger partial charge in [-0.1, -0.05) is 25.1 Å². The topological polar surface area (TPSA) is 56.8 Å². The fourth-order valence-electron chi connectivity index (χ4n) is 2.90. The van der Waals surface area contributed by atoms with E-state index in [-0.39, 0.29) is 6.04 Å². The number of aryl methyl sites for hydroxylation is 1. The monoisotopic (exact) mass is 313 g/mol. The lowest BCUT2D eigenvalue weighted by molar-refractivity contribution is 0.191. The third-order valence-electron chi connectivity index (χ3n) is 3.99. The molecule has 0 radical (unpaired) electrons. The number of amides is 1. The summed E-state index contributed by atoms with van der Waals surface area (Å²) >= 11 is 0. The number of ether oxygens (including phenoxy) is 3. The lowest BCUT2D eigenvalue weighted by atomic mass is 9.94. The molecule has 2 aromatic rings. The van der Waals surface area contributed by atoms with Crippen LogP contribution in [0.15, 0.2) is 36.4 Å². The first-order chi connectivity index (χ1) is 11.2. The van der Waals surface area contributed by atoms with Gasteiger partial charge in [-0.2, -0.15) is 0 Å². The van der Waals surface area contributed by atoms with Gasteiger partial charge in [0.15, 0.2) is 11.5 Å². The quantitative estimate of drug-likeness (QED) is 0.939. The molecule has 1 N–H and O–H groups in total. The molecule has 1 atom stereocenters. The molecular formula is C18H19NO4. The van der Waals surface area contributed by atoms with E-state index in [2.05, 4.69) is 12.2 Å². The molecule has 0 saturated heterocycles. The minimum atomic E-state index is -0.457. The molecule has 1 heterocycles. The van der Waals surface area contributed by atoms with Gasteiger partial charge in [0.2, 0.25) is 0 Å². The Morgan fingerprint density at radius 1 is 1.17 bits per heavy atom. The number of benzene rings is 2. The van der Waals surface area contributed by atoms with Gasteiger partial charge < -0.3 is 19.5 Å². The van der Waals surface area contributed by atoms with E-state index < -0.39 is 6.09 Å². The van der Waals surface area contributed by atoms with Crippen molar-refractivity contribution < 1.29 is 19.0 Å². The van der Waals surface area contributed by atoms with Crippen LogP contribution < -0.4 is 19.5 Å². The summed E-state index contributed by atoms with van der Waals surface area (Å²) in [5, 5.41) is 2.87. The number of fused-ring (bicyclic) bond motifs is 1. The smallest absolute Gasteiger partial charge is 0.413 e. The molecule has 3 rings (SSSR count). The van der Waals surface area contributed by atoms with Gasteiger partial charge in [0, 0.05) is 5.56 Å². The van der Waals surface area contributed by atoms with Crippen molar-refractivity contribution in [3.05, 3.63) is 53.1 Å². The second-order valence-corrected chi connectivity index (χ2v) is 5.27. The maximum Gasteiger partial charge on any atom is 0.413 e. The number of nitrogens with one attached hydrogen (secondary N) is 1. The zero-order valence-corrected chi connectivity index (χ0v) is 13.4. The molecule has 0 fully saturated rings. The SMILES string of the molecule is CCc1cc(C2NC(=O)Oc3ccccc32)cc(OC)c1OC. The summed E-state index contributed by atoms with van der Waals surface area (Å²) in [6.45, 7) is 2.05. The largest absolute Gasteiger partial charge is 0.493 e. The van der Waals surface area contributed by atoms with E-state index in [4.69, 9.17) is 14.2 Å². The van der Waals surface area contributed by atoms with Crippen molar-refractivity contribution in [1.82, 2.24) is 5.32 Å². The van der Waals surface area contributed by atoms with Crippen LogP contribution in [0.25, 0.3) is 0 Å². The third-order valence-corrected chi connectivity index (χ3v) is 3.99. The lowest BCUT2D eigenvalue weighted by Gasteiger charge is -2.27. The molecule has 1 aliphatic rings. The van der Waals surface area contributed by atoms with Crippen molar-refractivity contribution in [3.8, 4) is 17.2 Å². The summed E-state index contributed by atoms with van der Waals surface area (Å²) in [7, 11) is 3.24. The summed E-state index contributed by atoms with van der Waals surface area (Å²) < 4.78 is 16.1. The van der Waals surface area contributed by atoms with Crippen LogP contribution in [0.1, 0.15) is 29.7 Å². The Balaban J connectivity index is 2.13. The Hall–Kier alpha value is -2.69. The van der Waals surface area contributed by atoms with E-state index in [1.165, 1.54) is 0 Å². The summed E-state index contributed by atoms with van der Waals surface area (Å²) in [6, 6.07) is 11.2.